The van der Waals surface area contributed by atoms with Crippen molar-refractivity contribution >= 4 is 27.2 Å². The van der Waals surface area contributed by atoms with E-state index < -0.39 is 21.7 Å². The first-order chi connectivity index (χ1) is 13.7. The van der Waals surface area contributed by atoms with Gasteiger partial charge in [-0.3, -0.25) is 9.10 Å². The van der Waals surface area contributed by atoms with Gasteiger partial charge in [0.15, 0.2) is 16.4 Å². The monoisotopic (exact) mass is 420 g/mol. The quantitative estimate of drug-likeness (QED) is 0.804. The van der Waals surface area contributed by atoms with E-state index in [0.29, 0.717) is 33.9 Å². The van der Waals surface area contributed by atoms with Gasteiger partial charge in [0.05, 0.1) is 19.9 Å². The van der Waals surface area contributed by atoms with Crippen LogP contribution in [0.2, 0.25) is 0 Å². The maximum absolute atomic E-state index is 13.0. The van der Waals surface area contributed by atoms with Gasteiger partial charge in [-0.15, -0.1) is 0 Å². The minimum Gasteiger partial charge on any atom is -0.493 e. The third kappa shape index (κ3) is 3.65. The average Bonchev–Trinajstić information content (AvgIpc) is 2.70. The number of sulfonamides is 1. The van der Waals surface area contributed by atoms with Crippen LogP contribution < -0.4 is 19.1 Å². The SMILES string of the molecule is COc1cc2c(cc1OC)N(C)S(=O)(=O)C(C(=O)NCc1ccc(F)cc1)=C2C. The highest BCUT2D eigenvalue weighted by molar-refractivity contribution is 7.97. The number of carbonyl (C=O) groups excluding carboxylic acids is 1. The van der Waals surface area contributed by atoms with Gasteiger partial charge in [0.25, 0.3) is 15.9 Å². The summed E-state index contributed by atoms with van der Waals surface area (Å²) < 4.78 is 50.7. The molecule has 0 spiro atoms. The minimum atomic E-state index is -4.08. The largest absolute Gasteiger partial charge is 0.493 e. The van der Waals surface area contributed by atoms with E-state index in [1.807, 2.05) is 0 Å². The van der Waals surface area contributed by atoms with E-state index in [0.717, 1.165) is 4.31 Å². The van der Waals surface area contributed by atoms with Crippen molar-refractivity contribution in [3.63, 3.8) is 0 Å². The number of ether oxygens (including phenoxy) is 2. The van der Waals surface area contributed by atoms with Crippen molar-refractivity contribution in [2.75, 3.05) is 25.6 Å². The molecule has 9 heteroatoms. The number of methoxy groups -OCH3 is 2. The summed E-state index contributed by atoms with van der Waals surface area (Å²) in [6.07, 6.45) is 0. The molecule has 3 rings (SSSR count). The fourth-order valence-corrected chi connectivity index (χ4v) is 4.65. The Labute approximate surface area is 168 Å². The molecule has 0 radical (unpaired) electrons. The van der Waals surface area contributed by atoms with Gasteiger partial charge in [0.2, 0.25) is 0 Å². The summed E-state index contributed by atoms with van der Waals surface area (Å²) in [6, 6.07) is 8.78. The van der Waals surface area contributed by atoms with Crippen molar-refractivity contribution in [1.29, 1.82) is 0 Å². The second kappa shape index (κ2) is 7.75. The lowest BCUT2D eigenvalue weighted by Crippen LogP contribution is -2.38. The van der Waals surface area contributed by atoms with Crippen LogP contribution in [0.5, 0.6) is 11.5 Å². The Kier molecular flexibility index (Phi) is 5.52. The van der Waals surface area contributed by atoms with Crippen LogP contribution in [0.3, 0.4) is 0 Å². The maximum Gasteiger partial charge on any atom is 0.269 e. The molecule has 0 aromatic heterocycles. The summed E-state index contributed by atoms with van der Waals surface area (Å²) in [5.74, 6) is -0.329. The van der Waals surface area contributed by atoms with E-state index >= 15 is 0 Å². The Bertz CT molecular complexity index is 1090. The number of nitrogens with zero attached hydrogens (tertiary/aromatic N) is 1. The normalized spacial score (nSPS) is 15.0. The van der Waals surface area contributed by atoms with E-state index in [1.165, 1.54) is 45.5 Å². The highest BCUT2D eigenvalue weighted by Gasteiger charge is 2.38. The predicted molar refractivity (Wildman–Crippen MR) is 108 cm³/mol. The van der Waals surface area contributed by atoms with Crippen molar-refractivity contribution < 1.29 is 27.1 Å². The number of hydrogen-bond donors (Lipinski definition) is 1. The Morgan fingerprint density at radius 3 is 2.28 bits per heavy atom. The number of carbonyl (C=O) groups is 1. The van der Waals surface area contributed by atoms with Crippen LogP contribution >= 0.6 is 0 Å². The summed E-state index contributed by atoms with van der Waals surface area (Å²) in [5.41, 5.74) is 1.88. The Morgan fingerprint density at radius 2 is 1.69 bits per heavy atom. The molecule has 0 atom stereocenters. The van der Waals surface area contributed by atoms with Crippen molar-refractivity contribution in [2.24, 2.45) is 0 Å². The van der Waals surface area contributed by atoms with Crippen LogP contribution in [0, 0.1) is 5.82 Å². The predicted octanol–water partition coefficient (Wildman–Crippen LogP) is 2.67. The zero-order valence-corrected chi connectivity index (χ0v) is 17.3. The van der Waals surface area contributed by atoms with Crippen molar-refractivity contribution in [3.05, 3.63) is 58.2 Å². The molecule has 1 aliphatic heterocycles. The first-order valence-electron chi connectivity index (χ1n) is 8.69. The molecule has 1 aliphatic rings. The third-order valence-corrected chi connectivity index (χ3v) is 6.70. The molecule has 0 bridgehead atoms. The molecule has 154 valence electrons. The van der Waals surface area contributed by atoms with Crippen LogP contribution in [0.15, 0.2) is 41.3 Å². The molecule has 2 aromatic rings. The molecule has 7 nitrogen and oxygen atoms in total. The number of nitrogens with one attached hydrogen (secondary N) is 1. The van der Waals surface area contributed by atoms with E-state index in [-0.39, 0.29) is 11.4 Å². The number of amides is 1. The maximum atomic E-state index is 13.0. The molecule has 1 N–H and O–H groups in total. The molecule has 0 fully saturated rings. The number of fused-ring (bicyclic) bond motifs is 1. The summed E-state index contributed by atoms with van der Waals surface area (Å²) in [7, 11) is 0.232. The van der Waals surface area contributed by atoms with E-state index in [2.05, 4.69) is 5.32 Å². The zero-order valence-electron chi connectivity index (χ0n) is 16.4. The Hall–Kier alpha value is -3.07. The molecular formula is C20H21FN2O5S. The van der Waals surface area contributed by atoms with Crippen LogP contribution in [-0.4, -0.2) is 35.6 Å². The Morgan fingerprint density at radius 1 is 1.10 bits per heavy atom. The van der Waals surface area contributed by atoms with Crippen LogP contribution in [0.4, 0.5) is 10.1 Å². The number of anilines is 1. The summed E-state index contributed by atoms with van der Waals surface area (Å²) in [4.78, 5) is 12.4. The number of rotatable bonds is 5. The van der Waals surface area contributed by atoms with Gasteiger partial charge >= 0.3 is 0 Å². The van der Waals surface area contributed by atoms with Crippen LogP contribution in [0.25, 0.3) is 5.57 Å². The van der Waals surface area contributed by atoms with Gasteiger partial charge < -0.3 is 14.8 Å². The average molecular weight is 420 g/mol. The summed E-state index contributed by atoms with van der Waals surface area (Å²) >= 11 is 0. The highest BCUT2D eigenvalue weighted by atomic mass is 32.2. The van der Waals surface area contributed by atoms with E-state index in [4.69, 9.17) is 9.47 Å². The lowest BCUT2D eigenvalue weighted by molar-refractivity contribution is -0.117. The van der Waals surface area contributed by atoms with Gasteiger partial charge in [-0.05, 0) is 36.3 Å². The fraction of sp³-hybridized carbons (Fsp3) is 0.250. The van der Waals surface area contributed by atoms with Gasteiger partial charge in [-0.25, -0.2) is 12.8 Å². The lowest BCUT2D eigenvalue weighted by atomic mass is 10.0. The second-order valence-corrected chi connectivity index (χ2v) is 8.37. The molecule has 2 aromatic carbocycles. The fourth-order valence-electron chi connectivity index (χ4n) is 3.16. The van der Waals surface area contributed by atoms with Crippen LogP contribution in [0.1, 0.15) is 18.1 Å². The molecule has 0 unspecified atom stereocenters. The summed E-state index contributed by atoms with van der Waals surface area (Å²) in [6.45, 7) is 1.63. The Balaban J connectivity index is 2.02. The second-order valence-electron chi connectivity index (χ2n) is 6.46. The first kappa shape index (κ1) is 20.7. The molecule has 1 amide bonds. The van der Waals surface area contributed by atoms with Crippen molar-refractivity contribution in [2.45, 2.75) is 13.5 Å². The molecular weight excluding hydrogens is 399 g/mol. The van der Waals surface area contributed by atoms with Crippen molar-refractivity contribution in [1.82, 2.24) is 5.32 Å². The van der Waals surface area contributed by atoms with Crippen molar-refractivity contribution in [3.8, 4) is 11.5 Å². The smallest absolute Gasteiger partial charge is 0.269 e. The molecule has 1 heterocycles. The van der Waals surface area contributed by atoms with E-state index in [9.17, 15) is 17.6 Å². The number of hydrogen-bond acceptors (Lipinski definition) is 5. The topological polar surface area (TPSA) is 84.9 Å². The number of halogens is 1. The molecule has 0 aliphatic carbocycles. The third-order valence-electron chi connectivity index (χ3n) is 4.78. The molecule has 0 saturated carbocycles. The summed E-state index contributed by atoms with van der Waals surface area (Å²) in [5, 5.41) is 2.60. The van der Waals surface area contributed by atoms with Gasteiger partial charge in [0, 0.05) is 25.2 Å². The molecule has 0 saturated heterocycles. The van der Waals surface area contributed by atoms with Gasteiger partial charge in [0.1, 0.15) is 5.82 Å². The lowest BCUT2D eigenvalue weighted by Gasteiger charge is -2.30. The number of allylic oxidation sites excluding steroid dienone is 1. The van der Waals surface area contributed by atoms with Gasteiger partial charge in [-0.2, -0.15) is 0 Å². The molecule has 29 heavy (non-hydrogen) atoms. The standard InChI is InChI=1S/C20H21FN2O5S/c1-12-15-9-17(27-3)18(28-4)10-16(15)23(2)29(25,26)19(12)20(24)22-11-13-5-7-14(21)8-6-13/h5-10H,11H2,1-4H3,(H,22,24). The minimum absolute atomic E-state index is 0.0634. The zero-order chi connectivity index (χ0) is 21.3. The first-order valence-corrected chi connectivity index (χ1v) is 10.1. The highest BCUT2D eigenvalue weighted by Crippen LogP contribution is 2.44. The van der Waals surface area contributed by atoms with Gasteiger partial charge in [-0.1, -0.05) is 12.1 Å². The number of benzene rings is 2. The van der Waals surface area contributed by atoms with E-state index in [1.54, 1.807) is 19.1 Å². The van der Waals surface area contributed by atoms with Crippen LogP contribution in [-0.2, 0) is 21.4 Å².